The third-order valence-corrected chi connectivity index (χ3v) is 15.3. The van der Waals surface area contributed by atoms with Crippen molar-refractivity contribution < 1.29 is 0 Å². The molecule has 0 bridgehead atoms. The Bertz CT molecular complexity index is 960. The van der Waals surface area contributed by atoms with Gasteiger partial charge in [-0.2, -0.15) is 0 Å². The first-order valence-corrected chi connectivity index (χ1v) is 16.2. The van der Waals surface area contributed by atoms with Crippen molar-refractivity contribution in [3.63, 3.8) is 0 Å². The van der Waals surface area contributed by atoms with Crippen LogP contribution in [0.15, 0.2) is 103 Å². The monoisotopic (exact) mass is 489 g/mol. The summed E-state index contributed by atoms with van der Waals surface area (Å²) in [5.74, 6) is 3.39. The smallest absolute Gasteiger partial charge is 0.112 e. The highest BCUT2D eigenvalue weighted by Crippen LogP contribution is 2.57. The van der Waals surface area contributed by atoms with Gasteiger partial charge in [-0.05, 0) is 74.9 Å². The molecule has 3 heteroatoms. The topological polar surface area (TPSA) is 0 Å². The molecule has 1 aliphatic carbocycles. The number of hydrogen-bond acceptors (Lipinski definition) is 2. The first kappa shape index (κ1) is 23.3. The summed E-state index contributed by atoms with van der Waals surface area (Å²) >= 11 is 4.37. The number of allylic oxidation sites excluding steroid dienone is 1. The third-order valence-electron chi connectivity index (χ3n) is 7.35. The first-order valence-electron chi connectivity index (χ1n) is 12.2. The summed E-state index contributed by atoms with van der Waals surface area (Å²) < 4.78 is 0.398. The molecule has 1 unspecified atom stereocenters. The van der Waals surface area contributed by atoms with Crippen LogP contribution in [0, 0.1) is 5.92 Å². The van der Waals surface area contributed by atoms with Gasteiger partial charge in [0.05, 0.1) is 10.2 Å². The molecule has 1 saturated heterocycles. The molecule has 3 aromatic rings. The van der Waals surface area contributed by atoms with Crippen LogP contribution < -0.4 is 15.9 Å². The molecule has 3 aromatic carbocycles. The first-order chi connectivity index (χ1) is 16.2. The highest BCUT2D eigenvalue weighted by atomic mass is 32.2. The molecular weight excluding hydrogens is 455 g/mol. The minimum Gasteiger partial charge on any atom is -0.139 e. The van der Waals surface area contributed by atoms with E-state index >= 15 is 0 Å². The molecule has 5 rings (SSSR count). The largest absolute Gasteiger partial charge is 0.139 e. The maximum absolute atomic E-state index is 2.64. The van der Waals surface area contributed by atoms with Crippen LogP contribution in [0.3, 0.4) is 0 Å². The minimum atomic E-state index is -1.70. The molecule has 1 atom stereocenters. The Morgan fingerprint density at radius 1 is 0.758 bits per heavy atom. The molecule has 0 radical (unpaired) electrons. The lowest BCUT2D eigenvalue weighted by Gasteiger charge is -2.34. The average Bonchev–Trinajstić information content (AvgIpc) is 3.32. The molecule has 0 aromatic heterocycles. The lowest BCUT2D eigenvalue weighted by molar-refractivity contribution is 0.470. The van der Waals surface area contributed by atoms with Crippen LogP contribution in [0.4, 0.5) is 0 Å². The molecule has 2 aliphatic rings. The van der Waals surface area contributed by atoms with Crippen molar-refractivity contribution in [3.8, 4) is 0 Å². The van der Waals surface area contributed by atoms with Gasteiger partial charge in [-0.25, -0.2) is 0 Å². The van der Waals surface area contributed by atoms with Gasteiger partial charge in [0, 0.05) is 11.5 Å². The van der Waals surface area contributed by atoms with Crippen molar-refractivity contribution in [1.82, 2.24) is 0 Å². The van der Waals surface area contributed by atoms with Crippen LogP contribution in [0.5, 0.6) is 0 Å². The lowest BCUT2D eigenvalue weighted by atomic mass is 9.85. The van der Waals surface area contributed by atoms with E-state index in [0.29, 0.717) is 4.08 Å². The summed E-state index contributed by atoms with van der Waals surface area (Å²) in [7, 11) is -1.70. The van der Waals surface area contributed by atoms with Gasteiger partial charge in [0.1, 0.15) is 23.2 Å². The molecule has 0 N–H and O–H groups in total. The van der Waals surface area contributed by atoms with Crippen LogP contribution in [0.1, 0.15) is 32.6 Å². The van der Waals surface area contributed by atoms with E-state index in [1.165, 1.54) is 59.3 Å². The van der Waals surface area contributed by atoms with Crippen LogP contribution >= 0.6 is 30.8 Å². The fraction of sp³-hybridized carbons (Fsp3) is 0.333. The Labute approximate surface area is 209 Å². The Morgan fingerprint density at radius 2 is 1.24 bits per heavy atom. The van der Waals surface area contributed by atoms with Crippen LogP contribution in [0.25, 0.3) is 0 Å². The van der Waals surface area contributed by atoms with E-state index in [0.717, 1.165) is 5.92 Å². The third kappa shape index (κ3) is 4.86. The summed E-state index contributed by atoms with van der Waals surface area (Å²) in [5, 5.41) is 4.53. The van der Waals surface area contributed by atoms with Gasteiger partial charge in [0.2, 0.25) is 0 Å². The summed E-state index contributed by atoms with van der Waals surface area (Å²) in [6, 6.07) is 34.0. The number of rotatable bonds is 7. The Morgan fingerprint density at radius 3 is 1.70 bits per heavy atom. The highest BCUT2D eigenvalue weighted by Gasteiger charge is 2.45. The molecule has 0 saturated carbocycles. The van der Waals surface area contributed by atoms with E-state index in [1.54, 1.807) is 5.57 Å². The zero-order valence-corrected chi connectivity index (χ0v) is 22.1. The van der Waals surface area contributed by atoms with Gasteiger partial charge in [-0.3, -0.25) is 0 Å². The fourth-order valence-corrected chi connectivity index (χ4v) is 13.3. The summed E-state index contributed by atoms with van der Waals surface area (Å²) in [5.41, 5.74) is 1.64. The van der Waals surface area contributed by atoms with Gasteiger partial charge >= 0.3 is 0 Å². The standard InChI is InChI=1S/C30H34PS2/c1-25-24-30(32-22-23-33-30)20-19-26(25)12-11-21-31(27-13-5-2-6-14-27,28-15-7-3-8-16-28)29-17-9-4-10-18-29/h2-10,13-18,24,26H,11-12,19-23H2,1H3/q+1. The normalized spacial score (nSPS) is 20.0. The molecule has 1 fully saturated rings. The Hall–Kier alpha value is -1.47. The zero-order chi connectivity index (χ0) is 22.6. The Balaban J connectivity index is 1.45. The maximum atomic E-state index is 2.64. The van der Waals surface area contributed by atoms with Crippen LogP contribution in [-0.2, 0) is 0 Å². The van der Waals surface area contributed by atoms with Crippen LogP contribution in [-0.4, -0.2) is 21.7 Å². The van der Waals surface area contributed by atoms with Gasteiger partial charge in [0.25, 0.3) is 0 Å². The van der Waals surface area contributed by atoms with Gasteiger partial charge in [-0.1, -0.05) is 66.2 Å². The molecule has 0 amide bonds. The quantitative estimate of drug-likeness (QED) is 0.252. The Kier molecular flexibility index (Phi) is 7.36. The van der Waals surface area contributed by atoms with Gasteiger partial charge < -0.3 is 0 Å². The van der Waals surface area contributed by atoms with E-state index in [-0.39, 0.29) is 0 Å². The molecule has 33 heavy (non-hydrogen) atoms. The number of hydrogen-bond donors (Lipinski definition) is 0. The number of benzene rings is 3. The van der Waals surface area contributed by atoms with Crippen LogP contribution in [0.2, 0.25) is 0 Å². The number of thioether (sulfide) groups is 2. The van der Waals surface area contributed by atoms with Crippen molar-refractivity contribution in [1.29, 1.82) is 0 Å². The molecule has 170 valence electrons. The van der Waals surface area contributed by atoms with E-state index < -0.39 is 7.26 Å². The predicted octanol–water partition coefficient (Wildman–Crippen LogP) is 7.29. The zero-order valence-electron chi connectivity index (χ0n) is 19.5. The second-order valence-corrected chi connectivity index (χ2v) is 16.0. The second kappa shape index (κ2) is 10.4. The van der Waals surface area contributed by atoms with Crippen molar-refractivity contribution >= 4 is 46.7 Å². The second-order valence-electron chi connectivity index (χ2n) is 9.31. The van der Waals surface area contributed by atoms with Crippen molar-refractivity contribution in [2.24, 2.45) is 5.92 Å². The molecule has 1 heterocycles. The minimum absolute atomic E-state index is 0.398. The highest BCUT2D eigenvalue weighted by molar-refractivity contribution is 8.21. The van der Waals surface area contributed by atoms with Gasteiger partial charge in [0.15, 0.2) is 0 Å². The molecule has 1 aliphatic heterocycles. The van der Waals surface area contributed by atoms with E-state index in [9.17, 15) is 0 Å². The van der Waals surface area contributed by atoms with Crippen molar-refractivity contribution in [3.05, 3.63) is 103 Å². The summed E-state index contributed by atoms with van der Waals surface area (Å²) in [6.45, 7) is 2.40. The fourth-order valence-electron chi connectivity index (χ4n) is 5.67. The lowest BCUT2D eigenvalue weighted by Crippen LogP contribution is -2.33. The van der Waals surface area contributed by atoms with E-state index in [4.69, 9.17) is 0 Å². The molecule has 0 nitrogen and oxygen atoms in total. The SMILES string of the molecule is CC1=CC2(CCC1CCC[P+](c1ccccc1)(c1ccccc1)c1ccccc1)SCCS2. The average molecular weight is 490 g/mol. The molecular formula is C30H34PS2+. The van der Waals surface area contributed by atoms with E-state index in [1.807, 2.05) is 0 Å². The predicted molar refractivity (Wildman–Crippen MR) is 153 cm³/mol. The summed E-state index contributed by atoms with van der Waals surface area (Å²) in [4.78, 5) is 0. The maximum Gasteiger partial charge on any atom is 0.112 e. The molecule has 1 spiro atoms. The van der Waals surface area contributed by atoms with Crippen molar-refractivity contribution in [2.75, 3.05) is 17.7 Å². The van der Waals surface area contributed by atoms with Crippen molar-refractivity contribution in [2.45, 2.75) is 36.7 Å². The summed E-state index contributed by atoms with van der Waals surface area (Å²) in [6.07, 6.45) is 9.16. The van der Waals surface area contributed by atoms with Gasteiger partial charge in [-0.15, -0.1) is 23.5 Å². The van der Waals surface area contributed by atoms with E-state index in [2.05, 4.69) is 128 Å².